The van der Waals surface area contributed by atoms with Crippen LogP contribution in [0.25, 0.3) is 0 Å². The van der Waals surface area contributed by atoms with Crippen LogP contribution in [0.1, 0.15) is 19.8 Å². The Balaban J connectivity index is 2.14. The summed E-state index contributed by atoms with van der Waals surface area (Å²) in [5.41, 5.74) is 5.50. The molecule has 0 radical (unpaired) electrons. The Morgan fingerprint density at radius 3 is 2.76 bits per heavy atom. The van der Waals surface area contributed by atoms with Crippen LogP contribution in [-0.4, -0.2) is 19.2 Å². The summed E-state index contributed by atoms with van der Waals surface area (Å²) in [4.78, 5) is 11.4. The molecule has 0 heterocycles. The van der Waals surface area contributed by atoms with E-state index in [1.165, 1.54) is 0 Å². The average molecular weight is 236 g/mol. The second-order valence-corrected chi connectivity index (χ2v) is 4.11. The van der Waals surface area contributed by atoms with Crippen LogP contribution in [0.3, 0.4) is 0 Å². The van der Waals surface area contributed by atoms with E-state index in [1.807, 2.05) is 18.2 Å². The van der Waals surface area contributed by atoms with Crippen molar-refractivity contribution in [1.82, 2.24) is 5.32 Å². The monoisotopic (exact) mass is 236 g/mol. The number of carbonyl (C=O) groups excluding carboxylic acids is 1. The molecule has 0 aliphatic rings. The van der Waals surface area contributed by atoms with E-state index in [2.05, 4.69) is 12.2 Å². The van der Waals surface area contributed by atoms with E-state index >= 15 is 0 Å². The van der Waals surface area contributed by atoms with Crippen LogP contribution in [0, 0.1) is 5.92 Å². The van der Waals surface area contributed by atoms with Gasteiger partial charge in [0.25, 0.3) is 0 Å². The standard InChI is InChI=1S/C13H20N2O2/c1-11(10-14)6-5-9-15-13(16)17-12-7-3-2-4-8-12/h2-4,7-8,11H,5-6,9-10,14H2,1H3,(H,15,16). The van der Waals surface area contributed by atoms with Crippen LogP contribution in [0.2, 0.25) is 0 Å². The van der Waals surface area contributed by atoms with Crippen molar-refractivity contribution in [2.75, 3.05) is 13.1 Å². The zero-order valence-electron chi connectivity index (χ0n) is 10.2. The first-order valence-corrected chi connectivity index (χ1v) is 5.93. The summed E-state index contributed by atoms with van der Waals surface area (Å²) in [5.74, 6) is 1.06. The lowest BCUT2D eigenvalue weighted by Crippen LogP contribution is -2.28. The first-order valence-electron chi connectivity index (χ1n) is 5.93. The second kappa shape index (κ2) is 7.68. The third kappa shape index (κ3) is 5.92. The Kier molecular flexibility index (Phi) is 6.10. The number of nitrogens with two attached hydrogens (primary N) is 1. The number of hydrogen-bond acceptors (Lipinski definition) is 3. The summed E-state index contributed by atoms with van der Waals surface area (Å²) in [6.45, 7) is 3.41. The largest absolute Gasteiger partial charge is 0.412 e. The number of carbonyl (C=O) groups is 1. The number of nitrogens with one attached hydrogen (secondary N) is 1. The Labute approximate surface area is 102 Å². The molecule has 4 nitrogen and oxygen atoms in total. The molecule has 1 rings (SSSR count). The van der Waals surface area contributed by atoms with Gasteiger partial charge in [-0.05, 0) is 37.4 Å². The van der Waals surface area contributed by atoms with E-state index in [1.54, 1.807) is 12.1 Å². The lowest BCUT2D eigenvalue weighted by Gasteiger charge is -2.09. The quantitative estimate of drug-likeness (QED) is 0.744. The van der Waals surface area contributed by atoms with Crippen LogP contribution in [-0.2, 0) is 0 Å². The summed E-state index contributed by atoms with van der Waals surface area (Å²) in [5, 5.41) is 2.71. The lowest BCUT2D eigenvalue weighted by molar-refractivity contribution is 0.200. The Hall–Kier alpha value is -1.55. The fraction of sp³-hybridized carbons (Fsp3) is 0.462. The Morgan fingerprint density at radius 2 is 2.12 bits per heavy atom. The molecule has 0 fully saturated rings. The minimum absolute atomic E-state index is 0.406. The molecule has 3 N–H and O–H groups in total. The molecule has 1 aromatic rings. The van der Waals surface area contributed by atoms with Gasteiger partial charge in [-0.1, -0.05) is 25.1 Å². The fourth-order valence-corrected chi connectivity index (χ4v) is 1.39. The third-order valence-electron chi connectivity index (χ3n) is 2.50. The van der Waals surface area contributed by atoms with Crippen molar-refractivity contribution >= 4 is 6.09 Å². The van der Waals surface area contributed by atoms with Crippen LogP contribution >= 0.6 is 0 Å². The Morgan fingerprint density at radius 1 is 1.41 bits per heavy atom. The predicted octanol–water partition coefficient (Wildman–Crippen LogP) is 2.15. The van der Waals surface area contributed by atoms with Crippen molar-refractivity contribution in [2.45, 2.75) is 19.8 Å². The van der Waals surface area contributed by atoms with Crippen LogP contribution in [0.5, 0.6) is 5.75 Å². The number of amides is 1. The molecule has 1 unspecified atom stereocenters. The highest BCUT2D eigenvalue weighted by Crippen LogP contribution is 2.08. The maximum atomic E-state index is 11.4. The third-order valence-corrected chi connectivity index (χ3v) is 2.50. The van der Waals surface area contributed by atoms with Gasteiger partial charge in [0.15, 0.2) is 0 Å². The maximum Gasteiger partial charge on any atom is 0.412 e. The fourth-order valence-electron chi connectivity index (χ4n) is 1.39. The highest BCUT2D eigenvalue weighted by Gasteiger charge is 2.03. The number of benzene rings is 1. The van der Waals surface area contributed by atoms with Crippen LogP contribution < -0.4 is 15.8 Å². The molecule has 1 aromatic carbocycles. The SMILES string of the molecule is CC(CN)CCCNC(=O)Oc1ccccc1. The van der Waals surface area contributed by atoms with Gasteiger partial charge in [0.1, 0.15) is 5.75 Å². The molecule has 94 valence electrons. The van der Waals surface area contributed by atoms with Gasteiger partial charge in [0.05, 0.1) is 0 Å². The smallest absolute Gasteiger partial charge is 0.410 e. The minimum atomic E-state index is -0.406. The maximum absolute atomic E-state index is 11.4. The molecule has 0 bridgehead atoms. The molecule has 0 aliphatic heterocycles. The minimum Gasteiger partial charge on any atom is -0.410 e. The molecule has 0 saturated heterocycles. The molecule has 4 heteroatoms. The number of para-hydroxylation sites is 1. The topological polar surface area (TPSA) is 64.3 Å². The number of hydrogen-bond donors (Lipinski definition) is 2. The normalized spacial score (nSPS) is 11.9. The average Bonchev–Trinajstić information content (AvgIpc) is 2.35. The molecular weight excluding hydrogens is 216 g/mol. The molecule has 17 heavy (non-hydrogen) atoms. The molecular formula is C13H20N2O2. The van der Waals surface area contributed by atoms with Gasteiger partial charge in [-0.3, -0.25) is 0 Å². The van der Waals surface area contributed by atoms with Gasteiger partial charge in [0, 0.05) is 6.54 Å². The van der Waals surface area contributed by atoms with Gasteiger partial charge in [-0.2, -0.15) is 0 Å². The summed E-state index contributed by atoms with van der Waals surface area (Å²) in [6, 6.07) is 9.02. The summed E-state index contributed by atoms with van der Waals surface area (Å²) >= 11 is 0. The van der Waals surface area contributed by atoms with Gasteiger partial charge < -0.3 is 15.8 Å². The highest BCUT2D eigenvalue weighted by molar-refractivity contribution is 5.70. The van der Waals surface area contributed by atoms with Crippen molar-refractivity contribution < 1.29 is 9.53 Å². The van der Waals surface area contributed by atoms with Gasteiger partial charge in [0.2, 0.25) is 0 Å². The van der Waals surface area contributed by atoms with Crippen molar-refractivity contribution in [2.24, 2.45) is 11.7 Å². The molecule has 0 aliphatic carbocycles. The summed E-state index contributed by atoms with van der Waals surface area (Å²) in [7, 11) is 0. The van der Waals surface area contributed by atoms with E-state index in [-0.39, 0.29) is 0 Å². The lowest BCUT2D eigenvalue weighted by atomic mass is 10.1. The van der Waals surface area contributed by atoms with E-state index < -0.39 is 6.09 Å². The van der Waals surface area contributed by atoms with Gasteiger partial charge in [-0.15, -0.1) is 0 Å². The number of ether oxygens (including phenoxy) is 1. The molecule has 0 spiro atoms. The number of rotatable bonds is 6. The van der Waals surface area contributed by atoms with Crippen molar-refractivity contribution in [3.8, 4) is 5.75 Å². The first kappa shape index (κ1) is 13.5. The van der Waals surface area contributed by atoms with E-state index in [0.29, 0.717) is 24.8 Å². The van der Waals surface area contributed by atoms with Crippen LogP contribution in [0.4, 0.5) is 4.79 Å². The zero-order chi connectivity index (χ0) is 12.5. The predicted molar refractivity (Wildman–Crippen MR) is 67.9 cm³/mol. The van der Waals surface area contributed by atoms with E-state index in [0.717, 1.165) is 12.8 Å². The molecule has 0 aromatic heterocycles. The second-order valence-electron chi connectivity index (χ2n) is 4.11. The zero-order valence-corrected chi connectivity index (χ0v) is 10.2. The van der Waals surface area contributed by atoms with Crippen LogP contribution in [0.15, 0.2) is 30.3 Å². The van der Waals surface area contributed by atoms with Gasteiger partial charge in [-0.25, -0.2) is 4.79 Å². The summed E-state index contributed by atoms with van der Waals surface area (Å²) < 4.78 is 5.07. The highest BCUT2D eigenvalue weighted by atomic mass is 16.5. The first-order chi connectivity index (χ1) is 8.22. The summed E-state index contributed by atoms with van der Waals surface area (Å²) in [6.07, 6.45) is 1.53. The molecule has 0 saturated carbocycles. The molecule has 1 amide bonds. The van der Waals surface area contributed by atoms with Crippen molar-refractivity contribution in [3.63, 3.8) is 0 Å². The molecule has 1 atom stereocenters. The Bertz CT molecular complexity index is 327. The van der Waals surface area contributed by atoms with Crippen molar-refractivity contribution in [1.29, 1.82) is 0 Å². The van der Waals surface area contributed by atoms with Gasteiger partial charge >= 0.3 is 6.09 Å². The van der Waals surface area contributed by atoms with E-state index in [4.69, 9.17) is 10.5 Å². The van der Waals surface area contributed by atoms with Crippen molar-refractivity contribution in [3.05, 3.63) is 30.3 Å². The van der Waals surface area contributed by atoms with E-state index in [9.17, 15) is 4.79 Å².